The van der Waals surface area contributed by atoms with E-state index in [9.17, 15) is 4.79 Å². The van der Waals surface area contributed by atoms with Gasteiger partial charge in [-0.25, -0.2) is 4.79 Å². The maximum Gasteiger partial charge on any atom is 0.415 e. The first-order valence-electron chi connectivity index (χ1n) is 12.6. The standard InChI is InChI=1S/C29H35N2O2S/c1-23-8-5-12-26(20-23)30(21-27-13-7-19-34-27)29(32)33-28-22-31(17-14-25(28)15-18-31)16-6-11-24-9-3-2-4-10-24/h2-5,7-10,12-13,19-20,25,28H,6,11,14-18,21-22H2,1H3/q+1/t25?,28-,31?/m0/s1. The Morgan fingerprint density at radius 3 is 2.62 bits per heavy atom. The Hall–Kier alpha value is -2.63. The summed E-state index contributed by atoms with van der Waals surface area (Å²) in [7, 11) is 0. The third kappa shape index (κ3) is 5.37. The molecule has 1 amide bonds. The molecular formula is C29H35N2O2S+. The number of quaternary nitrogens is 1. The molecule has 3 fully saturated rings. The van der Waals surface area contributed by atoms with E-state index in [1.54, 1.807) is 11.3 Å². The van der Waals surface area contributed by atoms with Crippen molar-refractivity contribution in [2.75, 3.05) is 31.1 Å². The first kappa shape index (κ1) is 23.1. The summed E-state index contributed by atoms with van der Waals surface area (Å²) in [6, 6.07) is 23.1. The van der Waals surface area contributed by atoms with E-state index in [1.165, 1.54) is 44.5 Å². The number of piperidine rings is 3. The molecule has 0 N–H and O–H groups in total. The largest absolute Gasteiger partial charge is 0.440 e. The van der Waals surface area contributed by atoms with Crippen molar-refractivity contribution in [3.05, 3.63) is 88.1 Å². The Morgan fingerprint density at radius 2 is 1.88 bits per heavy atom. The molecule has 1 atom stereocenters. The number of hydrogen-bond acceptors (Lipinski definition) is 3. The molecule has 3 aliphatic heterocycles. The average Bonchev–Trinajstić information content (AvgIpc) is 3.37. The highest BCUT2D eigenvalue weighted by molar-refractivity contribution is 7.09. The molecule has 3 aromatic rings. The first-order valence-corrected chi connectivity index (χ1v) is 13.4. The van der Waals surface area contributed by atoms with Crippen LogP contribution in [0, 0.1) is 12.8 Å². The Balaban J connectivity index is 1.26. The van der Waals surface area contributed by atoms with Crippen LogP contribution in [0.15, 0.2) is 72.1 Å². The third-order valence-corrected chi connectivity index (χ3v) is 8.52. The zero-order valence-electron chi connectivity index (χ0n) is 20.1. The second-order valence-corrected chi connectivity index (χ2v) is 11.1. The lowest BCUT2D eigenvalue weighted by atomic mass is 9.83. The fraction of sp³-hybridized carbons (Fsp3) is 0.414. The predicted molar refractivity (Wildman–Crippen MR) is 139 cm³/mol. The zero-order chi connectivity index (χ0) is 23.4. The number of thiophene rings is 1. The fourth-order valence-corrected chi connectivity index (χ4v) is 6.43. The van der Waals surface area contributed by atoms with Crippen LogP contribution in [0.25, 0.3) is 0 Å². The van der Waals surface area contributed by atoms with Crippen molar-refractivity contribution < 1.29 is 14.0 Å². The Bertz CT molecular complexity index is 1070. The molecule has 34 heavy (non-hydrogen) atoms. The van der Waals surface area contributed by atoms with Crippen LogP contribution in [0.5, 0.6) is 0 Å². The number of ether oxygens (including phenoxy) is 1. The number of carbonyl (C=O) groups excluding carboxylic acids is 1. The topological polar surface area (TPSA) is 29.5 Å². The van der Waals surface area contributed by atoms with E-state index in [2.05, 4.69) is 60.8 Å². The van der Waals surface area contributed by atoms with E-state index in [0.29, 0.717) is 12.5 Å². The number of nitrogens with zero attached hydrogens (tertiary/aromatic N) is 2. The molecular weight excluding hydrogens is 440 g/mol. The van der Waals surface area contributed by atoms with Crippen LogP contribution < -0.4 is 4.90 Å². The van der Waals surface area contributed by atoms with Crippen molar-refractivity contribution in [2.45, 2.75) is 45.3 Å². The molecule has 3 saturated heterocycles. The molecule has 0 radical (unpaired) electrons. The minimum Gasteiger partial charge on any atom is -0.440 e. The number of rotatable bonds is 8. The Kier molecular flexibility index (Phi) is 7.02. The molecule has 0 spiro atoms. The highest BCUT2D eigenvalue weighted by Gasteiger charge is 2.47. The molecule has 1 aromatic heterocycles. The zero-order valence-corrected chi connectivity index (χ0v) is 20.9. The van der Waals surface area contributed by atoms with Crippen molar-refractivity contribution in [2.24, 2.45) is 5.92 Å². The van der Waals surface area contributed by atoms with Gasteiger partial charge >= 0.3 is 6.09 Å². The van der Waals surface area contributed by atoms with Crippen LogP contribution in [-0.2, 0) is 17.7 Å². The van der Waals surface area contributed by atoms with Gasteiger partial charge in [0.05, 0.1) is 26.2 Å². The van der Waals surface area contributed by atoms with Gasteiger partial charge in [-0.3, -0.25) is 4.90 Å². The van der Waals surface area contributed by atoms with E-state index >= 15 is 0 Å². The van der Waals surface area contributed by atoms with Crippen LogP contribution in [0.3, 0.4) is 0 Å². The molecule has 3 aliphatic rings. The molecule has 2 bridgehead atoms. The van der Waals surface area contributed by atoms with Gasteiger partial charge < -0.3 is 9.22 Å². The summed E-state index contributed by atoms with van der Waals surface area (Å²) in [5.74, 6) is 0.499. The molecule has 0 saturated carbocycles. The minimum atomic E-state index is -0.208. The van der Waals surface area contributed by atoms with Gasteiger partial charge in [0, 0.05) is 35.7 Å². The monoisotopic (exact) mass is 475 g/mol. The molecule has 2 aromatic carbocycles. The maximum atomic E-state index is 13.5. The van der Waals surface area contributed by atoms with E-state index in [4.69, 9.17) is 4.74 Å². The predicted octanol–water partition coefficient (Wildman–Crippen LogP) is 6.44. The van der Waals surface area contributed by atoms with Gasteiger partial charge in [-0.1, -0.05) is 48.5 Å². The van der Waals surface area contributed by atoms with Crippen molar-refractivity contribution in [3.63, 3.8) is 0 Å². The third-order valence-electron chi connectivity index (χ3n) is 7.66. The van der Waals surface area contributed by atoms with E-state index in [-0.39, 0.29) is 12.2 Å². The minimum absolute atomic E-state index is 0.0161. The highest BCUT2D eigenvalue weighted by Crippen LogP contribution is 2.36. The van der Waals surface area contributed by atoms with Gasteiger partial charge in [-0.15, -0.1) is 11.3 Å². The number of hydrogen-bond donors (Lipinski definition) is 0. The SMILES string of the molecule is Cc1cccc(N(Cc2cccs2)C(=O)O[C@H]2C[N+]3(CCCc4ccccc4)CCC2CC3)c1. The van der Waals surface area contributed by atoms with Gasteiger partial charge in [-0.2, -0.15) is 0 Å². The smallest absolute Gasteiger partial charge is 0.415 e. The molecule has 0 aliphatic carbocycles. The lowest BCUT2D eigenvalue weighted by Gasteiger charge is -2.52. The van der Waals surface area contributed by atoms with Crippen molar-refractivity contribution in [1.29, 1.82) is 0 Å². The number of aryl methyl sites for hydroxylation is 2. The highest BCUT2D eigenvalue weighted by atomic mass is 32.1. The molecule has 4 heterocycles. The van der Waals surface area contributed by atoms with Gasteiger partial charge in [-0.05, 0) is 48.1 Å². The molecule has 4 nitrogen and oxygen atoms in total. The molecule has 0 unspecified atom stereocenters. The number of benzene rings is 2. The number of fused-ring (bicyclic) bond motifs is 3. The van der Waals surface area contributed by atoms with Gasteiger partial charge in [0.15, 0.2) is 6.10 Å². The summed E-state index contributed by atoms with van der Waals surface area (Å²) in [5.41, 5.74) is 3.47. The molecule has 6 rings (SSSR count). The summed E-state index contributed by atoms with van der Waals surface area (Å²) < 4.78 is 7.40. The van der Waals surface area contributed by atoms with Crippen LogP contribution >= 0.6 is 11.3 Å². The lowest BCUT2D eigenvalue weighted by molar-refractivity contribution is -0.946. The summed E-state index contributed by atoms with van der Waals surface area (Å²) in [6.45, 7) is 7.20. The lowest BCUT2D eigenvalue weighted by Crippen LogP contribution is -2.65. The van der Waals surface area contributed by atoms with Crippen LogP contribution in [-0.4, -0.2) is 42.9 Å². The summed E-state index contributed by atoms with van der Waals surface area (Å²) in [6.07, 6.45) is 4.44. The van der Waals surface area contributed by atoms with Crippen molar-refractivity contribution in [1.82, 2.24) is 0 Å². The number of amides is 1. The van der Waals surface area contributed by atoms with Crippen LogP contribution in [0.1, 0.15) is 35.3 Å². The van der Waals surface area contributed by atoms with E-state index in [1.807, 2.05) is 23.1 Å². The molecule has 178 valence electrons. The van der Waals surface area contributed by atoms with E-state index < -0.39 is 0 Å². The second kappa shape index (κ2) is 10.3. The Morgan fingerprint density at radius 1 is 1.06 bits per heavy atom. The van der Waals surface area contributed by atoms with Gasteiger partial charge in [0.2, 0.25) is 0 Å². The summed E-state index contributed by atoms with van der Waals surface area (Å²) in [4.78, 5) is 16.5. The normalized spacial score (nSPS) is 23.6. The quantitative estimate of drug-likeness (QED) is 0.351. The molecule has 5 heteroatoms. The first-order chi connectivity index (χ1) is 16.6. The van der Waals surface area contributed by atoms with Crippen molar-refractivity contribution >= 4 is 23.1 Å². The number of anilines is 1. The van der Waals surface area contributed by atoms with Gasteiger partial charge in [0.25, 0.3) is 0 Å². The summed E-state index contributed by atoms with van der Waals surface area (Å²) >= 11 is 1.68. The average molecular weight is 476 g/mol. The van der Waals surface area contributed by atoms with Crippen molar-refractivity contribution in [3.8, 4) is 0 Å². The second-order valence-electron chi connectivity index (χ2n) is 10.0. The van der Waals surface area contributed by atoms with Gasteiger partial charge in [0.1, 0.15) is 6.54 Å². The summed E-state index contributed by atoms with van der Waals surface area (Å²) in [5, 5.41) is 2.06. The fourth-order valence-electron chi connectivity index (χ4n) is 5.74. The maximum absolute atomic E-state index is 13.5. The van der Waals surface area contributed by atoms with Crippen LogP contribution in [0.2, 0.25) is 0 Å². The van der Waals surface area contributed by atoms with Crippen LogP contribution in [0.4, 0.5) is 10.5 Å². The Labute approximate surface area is 207 Å². The number of carbonyl (C=O) groups is 1. The van der Waals surface area contributed by atoms with E-state index in [0.717, 1.165) is 33.6 Å².